The highest BCUT2D eigenvalue weighted by Crippen LogP contribution is 2.28. The molecule has 0 radical (unpaired) electrons. The number of benzene rings is 2. The Kier molecular flexibility index (Phi) is 5.20. The summed E-state index contributed by atoms with van der Waals surface area (Å²) in [5.74, 6) is -2.06. The predicted octanol–water partition coefficient (Wildman–Crippen LogP) is 4.27. The standard InChI is InChI=1S/C18H14ClFN2O3S/c1-2-13(17(24)25)22-14-5-3-4-12(19)15(14)26-18(22)21-16(23)10-6-8-11(20)9-7-10/h3-9,13H,2H2,1H3,(H,24,25)/b21-18-. The van der Waals surface area contributed by atoms with Gasteiger partial charge in [-0.15, -0.1) is 0 Å². The van der Waals surface area contributed by atoms with Crippen molar-refractivity contribution in [2.45, 2.75) is 19.4 Å². The molecule has 0 aliphatic carbocycles. The highest BCUT2D eigenvalue weighted by molar-refractivity contribution is 7.17. The molecule has 0 aliphatic rings. The Balaban J connectivity index is 2.24. The Labute approximate surface area is 157 Å². The van der Waals surface area contributed by atoms with Gasteiger partial charge in [-0.05, 0) is 42.8 Å². The molecular formula is C18H14ClFN2O3S. The van der Waals surface area contributed by atoms with Crippen LogP contribution in [-0.2, 0) is 4.79 Å². The van der Waals surface area contributed by atoms with Gasteiger partial charge in [-0.3, -0.25) is 4.79 Å². The number of carboxylic acids is 1. The molecule has 0 saturated heterocycles. The number of halogens is 2. The van der Waals surface area contributed by atoms with E-state index in [0.29, 0.717) is 21.7 Å². The SMILES string of the molecule is CCC(C(=O)O)n1/c(=N/C(=O)c2ccc(F)cc2)sc2c(Cl)cccc21. The molecule has 0 saturated carbocycles. The third-order valence-electron chi connectivity index (χ3n) is 3.88. The van der Waals surface area contributed by atoms with E-state index >= 15 is 0 Å². The highest BCUT2D eigenvalue weighted by atomic mass is 35.5. The summed E-state index contributed by atoms with van der Waals surface area (Å²) in [6, 6.07) is 9.27. The van der Waals surface area contributed by atoms with E-state index in [1.54, 1.807) is 25.1 Å². The topological polar surface area (TPSA) is 71.7 Å². The second-order valence-corrected chi connectivity index (χ2v) is 6.91. The molecule has 26 heavy (non-hydrogen) atoms. The fourth-order valence-electron chi connectivity index (χ4n) is 2.62. The van der Waals surface area contributed by atoms with Gasteiger partial charge in [0.15, 0.2) is 4.80 Å². The minimum Gasteiger partial charge on any atom is -0.480 e. The van der Waals surface area contributed by atoms with Crippen LogP contribution in [0.15, 0.2) is 47.5 Å². The van der Waals surface area contributed by atoms with Gasteiger partial charge < -0.3 is 9.67 Å². The molecule has 1 aromatic heterocycles. The zero-order valence-electron chi connectivity index (χ0n) is 13.6. The summed E-state index contributed by atoms with van der Waals surface area (Å²) in [6.45, 7) is 1.74. The van der Waals surface area contributed by atoms with Crippen molar-refractivity contribution < 1.29 is 19.1 Å². The van der Waals surface area contributed by atoms with Crippen LogP contribution in [0.5, 0.6) is 0 Å². The van der Waals surface area contributed by atoms with Gasteiger partial charge in [0.1, 0.15) is 11.9 Å². The summed E-state index contributed by atoms with van der Waals surface area (Å²) in [7, 11) is 0. The summed E-state index contributed by atoms with van der Waals surface area (Å²) in [4.78, 5) is 28.4. The van der Waals surface area contributed by atoms with Crippen LogP contribution >= 0.6 is 22.9 Å². The zero-order valence-corrected chi connectivity index (χ0v) is 15.2. The van der Waals surface area contributed by atoms with Crippen molar-refractivity contribution in [3.63, 3.8) is 0 Å². The molecule has 5 nitrogen and oxygen atoms in total. The monoisotopic (exact) mass is 392 g/mol. The molecule has 2 aromatic carbocycles. The maximum atomic E-state index is 13.0. The van der Waals surface area contributed by atoms with Crippen molar-refractivity contribution in [1.82, 2.24) is 4.57 Å². The maximum absolute atomic E-state index is 13.0. The van der Waals surface area contributed by atoms with Gasteiger partial charge in [0.2, 0.25) is 0 Å². The van der Waals surface area contributed by atoms with Crippen LogP contribution in [-0.4, -0.2) is 21.6 Å². The number of hydrogen-bond donors (Lipinski definition) is 1. The van der Waals surface area contributed by atoms with Crippen LogP contribution in [0.1, 0.15) is 29.7 Å². The first-order valence-corrected chi connectivity index (χ1v) is 8.98. The van der Waals surface area contributed by atoms with Crippen LogP contribution < -0.4 is 4.80 Å². The third-order valence-corrected chi connectivity index (χ3v) is 5.41. The van der Waals surface area contributed by atoms with Gasteiger partial charge in [0.25, 0.3) is 5.91 Å². The smallest absolute Gasteiger partial charge is 0.326 e. The molecule has 0 fully saturated rings. The third kappa shape index (κ3) is 3.40. The van der Waals surface area contributed by atoms with Gasteiger partial charge in [-0.25, -0.2) is 9.18 Å². The van der Waals surface area contributed by atoms with Crippen molar-refractivity contribution in [3.05, 3.63) is 63.7 Å². The molecular weight excluding hydrogens is 379 g/mol. The first kappa shape index (κ1) is 18.3. The summed E-state index contributed by atoms with van der Waals surface area (Å²) in [6.07, 6.45) is 0.311. The number of rotatable bonds is 4. The van der Waals surface area contributed by atoms with E-state index in [-0.39, 0.29) is 10.4 Å². The van der Waals surface area contributed by atoms with Crippen molar-refractivity contribution in [3.8, 4) is 0 Å². The number of hydrogen-bond acceptors (Lipinski definition) is 3. The highest BCUT2D eigenvalue weighted by Gasteiger charge is 2.22. The quantitative estimate of drug-likeness (QED) is 0.720. The number of carbonyl (C=O) groups is 2. The molecule has 134 valence electrons. The Morgan fingerprint density at radius 3 is 2.58 bits per heavy atom. The Morgan fingerprint density at radius 2 is 1.96 bits per heavy atom. The van der Waals surface area contributed by atoms with Crippen LogP contribution in [0, 0.1) is 5.82 Å². The minimum absolute atomic E-state index is 0.213. The van der Waals surface area contributed by atoms with Crippen LogP contribution in [0.4, 0.5) is 4.39 Å². The molecule has 0 spiro atoms. The lowest BCUT2D eigenvalue weighted by Crippen LogP contribution is -2.27. The molecule has 1 amide bonds. The van der Waals surface area contributed by atoms with E-state index in [4.69, 9.17) is 11.6 Å². The molecule has 8 heteroatoms. The fourth-order valence-corrected chi connectivity index (χ4v) is 3.98. The van der Waals surface area contributed by atoms with Crippen molar-refractivity contribution in [2.75, 3.05) is 0 Å². The molecule has 3 rings (SSSR count). The Bertz CT molecular complexity index is 1060. The normalized spacial score (nSPS) is 13.1. The van der Waals surface area contributed by atoms with Crippen LogP contribution in [0.25, 0.3) is 10.2 Å². The molecule has 1 unspecified atom stereocenters. The van der Waals surface area contributed by atoms with Crippen molar-refractivity contribution >= 4 is 45.0 Å². The Morgan fingerprint density at radius 1 is 1.27 bits per heavy atom. The molecule has 1 N–H and O–H groups in total. The second-order valence-electron chi connectivity index (χ2n) is 5.53. The first-order chi connectivity index (χ1) is 12.4. The number of aromatic nitrogens is 1. The lowest BCUT2D eigenvalue weighted by Gasteiger charge is -2.13. The van der Waals surface area contributed by atoms with Crippen molar-refractivity contribution in [2.24, 2.45) is 4.99 Å². The van der Waals surface area contributed by atoms with Gasteiger partial charge in [0.05, 0.1) is 15.2 Å². The summed E-state index contributed by atoms with van der Waals surface area (Å²) in [5.41, 5.74) is 0.812. The van der Waals surface area contributed by atoms with E-state index in [2.05, 4.69) is 4.99 Å². The van der Waals surface area contributed by atoms with E-state index < -0.39 is 23.7 Å². The van der Waals surface area contributed by atoms with Gasteiger partial charge in [-0.2, -0.15) is 4.99 Å². The van der Waals surface area contributed by atoms with Crippen LogP contribution in [0.2, 0.25) is 5.02 Å². The van der Waals surface area contributed by atoms with E-state index in [0.717, 1.165) is 11.3 Å². The minimum atomic E-state index is -1.03. The van der Waals surface area contributed by atoms with E-state index in [9.17, 15) is 19.1 Å². The first-order valence-electron chi connectivity index (χ1n) is 7.79. The van der Waals surface area contributed by atoms with E-state index in [1.165, 1.54) is 28.8 Å². The average molecular weight is 393 g/mol. The number of aliphatic carboxylic acids is 1. The van der Waals surface area contributed by atoms with Gasteiger partial charge in [-0.1, -0.05) is 35.9 Å². The number of carbonyl (C=O) groups excluding carboxylic acids is 1. The number of carboxylic acid groups (broad SMARTS) is 1. The zero-order chi connectivity index (χ0) is 18.8. The molecule has 0 bridgehead atoms. The number of fused-ring (bicyclic) bond motifs is 1. The second kappa shape index (κ2) is 7.39. The maximum Gasteiger partial charge on any atom is 0.326 e. The summed E-state index contributed by atoms with van der Waals surface area (Å²) in [5, 5.41) is 10.0. The molecule has 1 heterocycles. The van der Waals surface area contributed by atoms with Gasteiger partial charge in [0, 0.05) is 5.56 Å². The predicted molar refractivity (Wildman–Crippen MR) is 98.1 cm³/mol. The molecule has 0 aliphatic heterocycles. The Hall–Kier alpha value is -2.51. The summed E-state index contributed by atoms with van der Waals surface area (Å²) >= 11 is 7.37. The average Bonchev–Trinajstić information content (AvgIpc) is 2.95. The fraction of sp³-hybridized carbons (Fsp3) is 0.167. The number of nitrogens with zero attached hydrogens (tertiary/aromatic N) is 2. The number of amides is 1. The van der Waals surface area contributed by atoms with E-state index in [1.807, 2.05) is 0 Å². The molecule has 3 aromatic rings. The largest absolute Gasteiger partial charge is 0.480 e. The lowest BCUT2D eigenvalue weighted by atomic mass is 10.2. The lowest BCUT2D eigenvalue weighted by molar-refractivity contribution is -0.140. The van der Waals surface area contributed by atoms with Crippen LogP contribution in [0.3, 0.4) is 0 Å². The number of thiazole rings is 1. The van der Waals surface area contributed by atoms with Crippen molar-refractivity contribution in [1.29, 1.82) is 0 Å². The molecule has 1 atom stereocenters. The van der Waals surface area contributed by atoms with Gasteiger partial charge >= 0.3 is 5.97 Å². The summed E-state index contributed by atoms with van der Waals surface area (Å²) < 4.78 is 15.2.